The molecule has 4 bridgehead atoms. The lowest BCUT2D eigenvalue weighted by Gasteiger charge is -2.65. The molecule has 0 radical (unpaired) electrons. The molecule has 2 atom stereocenters. The number of hydrogen-bond donors (Lipinski definition) is 1. The molecule has 0 aliphatic heterocycles. The van der Waals surface area contributed by atoms with Crippen molar-refractivity contribution in [1.82, 2.24) is 5.32 Å². The Hall–Kier alpha value is -0.820. The van der Waals surface area contributed by atoms with Gasteiger partial charge in [0, 0.05) is 12.1 Å². The van der Waals surface area contributed by atoms with Crippen LogP contribution >= 0.6 is 0 Å². The summed E-state index contributed by atoms with van der Waals surface area (Å²) in [6.07, 6.45) is 8.65. The van der Waals surface area contributed by atoms with Crippen LogP contribution in [-0.2, 0) is 6.54 Å². The molecular weight excluding hydrogens is 254 g/mol. The molecule has 4 aliphatic carbocycles. The molecule has 4 aliphatic rings. The van der Waals surface area contributed by atoms with Crippen LogP contribution < -0.4 is 5.32 Å². The zero-order chi connectivity index (χ0) is 14.7. The molecule has 1 aromatic rings. The monoisotopic (exact) mass is 283 g/mol. The lowest BCUT2D eigenvalue weighted by atomic mass is 9.43. The Morgan fingerprint density at radius 2 is 1.76 bits per heavy atom. The number of rotatable bonds is 3. The van der Waals surface area contributed by atoms with E-state index in [0.29, 0.717) is 16.4 Å². The van der Waals surface area contributed by atoms with E-state index in [1.165, 1.54) is 49.7 Å². The molecule has 114 valence electrons. The fourth-order valence-corrected chi connectivity index (χ4v) is 6.76. The highest BCUT2D eigenvalue weighted by atomic mass is 15.0. The molecule has 21 heavy (non-hydrogen) atoms. The van der Waals surface area contributed by atoms with E-state index in [-0.39, 0.29) is 0 Å². The zero-order valence-corrected chi connectivity index (χ0v) is 13.8. The first-order chi connectivity index (χ1) is 9.88. The molecule has 2 unspecified atom stereocenters. The Morgan fingerprint density at radius 1 is 1.05 bits per heavy atom. The van der Waals surface area contributed by atoms with Crippen LogP contribution in [0.1, 0.15) is 63.5 Å². The minimum atomic E-state index is 0.423. The van der Waals surface area contributed by atoms with Crippen molar-refractivity contribution in [3.63, 3.8) is 0 Å². The van der Waals surface area contributed by atoms with Gasteiger partial charge in [-0.25, -0.2) is 0 Å². The largest absolute Gasteiger partial charge is 0.307 e. The van der Waals surface area contributed by atoms with Gasteiger partial charge in [0.15, 0.2) is 0 Å². The third kappa shape index (κ3) is 2.44. The van der Waals surface area contributed by atoms with Gasteiger partial charge in [0.2, 0.25) is 0 Å². The SMILES string of the molecule is Cc1cccc(CNC23CC4CC(C)(CC(C)(C4)C2)C3)c1. The van der Waals surface area contributed by atoms with Gasteiger partial charge in [-0.3, -0.25) is 0 Å². The lowest BCUT2D eigenvalue weighted by molar-refractivity contribution is -0.118. The summed E-state index contributed by atoms with van der Waals surface area (Å²) in [4.78, 5) is 0. The third-order valence-electron chi connectivity index (χ3n) is 6.38. The minimum Gasteiger partial charge on any atom is -0.307 e. The highest BCUT2D eigenvalue weighted by Gasteiger charge is 2.59. The van der Waals surface area contributed by atoms with Gasteiger partial charge in [0.1, 0.15) is 0 Å². The summed E-state index contributed by atoms with van der Waals surface area (Å²) < 4.78 is 0. The molecule has 4 saturated carbocycles. The maximum absolute atomic E-state index is 4.02. The lowest BCUT2D eigenvalue weighted by Crippen LogP contribution is -2.63. The van der Waals surface area contributed by atoms with Gasteiger partial charge >= 0.3 is 0 Å². The van der Waals surface area contributed by atoms with Gasteiger partial charge in [-0.15, -0.1) is 0 Å². The molecule has 0 spiro atoms. The Labute approximate surface area is 129 Å². The van der Waals surface area contributed by atoms with Crippen LogP contribution in [0.25, 0.3) is 0 Å². The average molecular weight is 283 g/mol. The van der Waals surface area contributed by atoms with Crippen LogP contribution in [0.4, 0.5) is 0 Å². The van der Waals surface area contributed by atoms with Crippen LogP contribution in [0.5, 0.6) is 0 Å². The van der Waals surface area contributed by atoms with Crippen molar-refractivity contribution in [1.29, 1.82) is 0 Å². The molecular formula is C20H29N. The van der Waals surface area contributed by atoms with Crippen molar-refractivity contribution in [2.45, 2.75) is 71.4 Å². The van der Waals surface area contributed by atoms with Crippen molar-refractivity contribution in [3.05, 3.63) is 35.4 Å². The summed E-state index contributed by atoms with van der Waals surface area (Å²) >= 11 is 0. The maximum Gasteiger partial charge on any atom is 0.0210 e. The second kappa shape index (κ2) is 4.35. The van der Waals surface area contributed by atoms with E-state index >= 15 is 0 Å². The van der Waals surface area contributed by atoms with E-state index in [1.807, 2.05) is 0 Å². The summed E-state index contributed by atoms with van der Waals surface area (Å²) in [7, 11) is 0. The fourth-order valence-electron chi connectivity index (χ4n) is 6.76. The molecule has 0 aromatic heterocycles. The van der Waals surface area contributed by atoms with Gasteiger partial charge in [-0.1, -0.05) is 43.7 Å². The number of hydrogen-bond acceptors (Lipinski definition) is 1. The predicted molar refractivity (Wildman–Crippen MR) is 88.2 cm³/mol. The molecule has 1 nitrogen and oxygen atoms in total. The summed E-state index contributed by atoms with van der Waals surface area (Å²) in [5, 5.41) is 4.02. The Kier molecular flexibility index (Phi) is 2.86. The van der Waals surface area contributed by atoms with E-state index in [0.717, 1.165) is 12.5 Å². The number of benzene rings is 1. The molecule has 1 N–H and O–H groups in total. The Balaban J connectivity index is 1.54. The van der Waals surface area contributed by atoms with Crippen molar-refractivity contribution < 1.29 is 0 Å². The maximum atomic E-state index is 4.02. The first kappa shape index (κ1) is 13.8. The first-order valence-corrected chi connectivity index (χ1v) is 8.69. The van der Waals surface area contributed by atoms with E-state index in [1.54, 1.807) is 0 Å². The van der Waals surface area contributed by atoms with E-state index in [9.17, 15) is 0 Å². The topological polar surface area (TPSA) is 12.0 Å². The average Bonchev–Trinajstić information content (AvgIpc) is 2.32. The van der Waals surface area contributed by atoms with Crippen LogP contribution in [0.3, 0.4) is 0 Å². The highest BCUT2D eigenvalue weighted by molar-refractivity contribution is 5.23. The molecule has 0 amide bonds. The standard InChI is InChI=1S/C20H29N/c1-15-5-4-6-16(7-15)11-21-20-10-17-8-18(2,13-20)12-19(3,9-17)14-20/h4-7,17,21H,8-14H2,1-3H3. The van der Waals surface area contributed by atoms with E-state index in [4.69, 9.17) is 0 Å². The van der Waals surface area contributed by atoms with Gasteiger partial charge in [0.05, 0.1) is 0 Å². The van der Waals surface area contributed by atoms with Gasteiger partial charge in [-0.2, -0.15) is 0 Å². The highest BCUT2D eigenvalue weighted by Crippen LogP contribution is 2.66. The van der Waals surface area contributed by atoms with Crippen molar-refractivity contribution in [2.75, 3.05) is 0 Å². The van der Waals surface area contributed by atoms with Crippen molar-refractivity contribution >= 4 is 0 Å². The van der Waals surface area contributed by atoms with Crippen LogP contribution in [0.2, 0.25) is 0 Å². The summed E-state index contributed by atoms with van der Waals surface area (Å²) in [5.74, 6) is 0.973. The van der Waals surface area contributed by atoms with Crippen LogP contribution in [0, 0.1) is 23.7 Å². The third-order valence-corrected chi connectivity index (χ3v) is 6.38. The molecule has 0 heterocycles. The van der Waals surface area contributed by atoms with Gasteiger partial charge in [0.25, 0.3) is 0 Å². The van der Waals surface area contributed by atoms with Gasteiger partial charge in [-0.05, 0) is 67.8 Å². The van der Waals surface area contributed by atoms with Crippen LogP contribution in [-0.4, -0.2) is 5.54 Å². The Morgan fingerprint density at radius 3 is 2.38 bits per heavy atom. The van der Waals surface area contributed by atoms with Crippen LogP contribution in [0.15, 0.2) is 24.3 Å². The molecule has 1 aromatic carbocycles. The molecule has 0 saturated heterocycles. The fraction of sp³-hybridized carbons (Fsp3) is 0.700. The summed E-state index contributed by atoms with van der Waals surface area (Å²) in [6.45, 7) is 8.34. The zero-order valence-electron chi connectivity index (χ0n) is 13.8. The molecule has 5 rings (SSSR count). The second-order valence-corrected chi connectivity index (χ2v) is 9.25. The molecule has 4 fully saturated rings. The summed E-state index contributed by atoms with van der Waals surface area (Å²) in [5.41, 5.74) is 4.45. The molecule has 1 heteroatoms. The van der Waals surface area contributed by atoms with Crippen molar-refractivity contribution in [2.24, 2.45) is 16.7 Å². The van der Waals surface area contributed by atoms with Crippen molar-refractivity contribution in [3.8, 4) is 0 Å². The minimum absolute atomic E-state index is 0.423. The number of aryl methyl sites for hydroxylation is 1. The van der Waals surface area contributed by atoms with E-state index in [2.05, 4.69) is 50.4 Å². The quantitative estimate of drug-likeness (QED) is 0.837. The second-order valence-electron chi connectivity index (χ2n) is 9.25. The summed E-state index contributed by atoms with van der Waals surface area (Å²) in [6, 6.07) is 8.98. The predicted octanol–water partition coefficient (Wildman–Crippen LogP) is 4.83. The normalized spacial score (nSPS) is 44.2. The smallest absolute Gasteiger partial charge is 0.0210 e. The van der Waals surface area contributed by atoms with Gasteiger partial charge < -0.3 is 5.32 Å². The first-order valence-electron chi connectivity index (χ1n) is 8.69. The number of nitrogens with one attached hydrogen (secondary N) is 1. The van der Waals surface area contributed by atoms with E-state index < -0.39 is 0 Å². The Bertz CT molecular complexity index is 543.